The van der Waals surface area contributed by atoms with Crippen molar-refractivity contribution >= 4 is 34.9 Å². The number of aliphatic hydroxyl groups excluding tert-OH is 1. The fraction of sp³-hybridized carbons (Fsp3) is 0.333. The Labute approximate surface area is 157 Å². The van der Waals surface area contributed by atoms with Crippen LogP contribution in [0.1, 0.15) is 18.5 Å². The van der Waals surface area contributed by atoms with Gasteiger partial charge in [0.05, 0.1) is 23.6 Å². The van der Waals surface area contributed by atoms with Crippen molar-refractivity contribution < 1.29 is 14.6 Å². The Morgan fingerprint density at radius 2 is 2.20 bits per heavy atom. The van der Waals surface area contributed by atoms with Crippen LogP contribution in [0.4, 0.5) is 0 Å². The van der Waals surface area contributed by atoms with Crippen molar-refractivity contribution in [3.8, 4) is 0 Å². The van der Waals surface area contributed by atoms with E-state index in [4.69, 9.17) is 28.6 Å². The number of aliphatic hydroxyl groups is 1. The molecule has 0 bridgehead atoms. The highest BCUT2D eigenvalue weighted by Gasteiger charge is 2.37. The summed E-state index contributed by atoms with van der Waals surface area (Å²) < 4.78 is 5.25. The Balaban J connectivity index is 2.49. The lowest BCUT2D eigenvalue weighted by molar-refractivity contribution is -0.138. The van der Waals surface area contributed by atoms with Gasteiger partial charge in [0, 0.05) is 12.2 Å². The molecule has 1 heterocycles. The number of thiocarbonyl (C=S) groups is 1. The Bertz CT molecular complexity index is 678. The van der Waals surface area contributed by atoms with Gasteiger partial charge in [-0.05, 0) is 24.7 Å². The first-order valence-electron chi connectivity index (χ1n) is 7.85. The summed E-state index contributed by atoms with van der Waals surface area (Å²) >= 11 is 11.2. The van der Waals surface area contributed by atoms with Gasteiger partial charge in [-0.15, -0.1) is 11.6 Å². The lowest BCUT2D eigenvalue weighted by atomic mass is 9.93. The third kappa shape index (κ3) is 4.60. The van der Waals surface area contributed by atoms with E-state index in [-0.39, 0.29) is 19.0 Å². The van der Waals surface area contributed by atoms with Crippen LogP contribution in [0.5, 0.6) is 0 Å². The number of carbonyl (C=O) groups excluding carboxylic acids is 1. The molecule has 1 aromatic rings. The van der Waals surface area contributed by atoms with Gasteiger partial charge in [-0.25, -0.2) is 4.79 Å². The molecule has 1 aliphatic heterocycles. The maximum absolute atomic E-state index is 12.6. The van der Waals surface area contributed by atoms with Gasteiger partial charge in [0.15, 0.2) is 5.11 Å². The van der Waals surface area contributed by atoms with Crippen LogP contribution in [0.2, 0.25) is 0 Å². The van der Waals surface area contributed by atoms with E-state index in [0.717, 1.165) is 5.56 Å². The monoisotopic (exact) mass is 380 g/mol. The van der Waals surface area contributed by atoms with Gasteiger partial charge in [0.25, 0.3) is 0 Å². The summed E-state index contributed by atoms with van der Waals surface area (Å²) in [5, 5.41) is 13.5. The van der Waals surface area contributed by atoms with Gasteiger partial charge in [-0.3, -0.25) is 0 Å². The minimum Gasteiger partial charge on any atom is -0.458 e. The number of ether oxygens (including phenoxy) is 1. The second kappa shape index (κ2) is 8.99. The number of alkyl halides is 1. The lowest BCUT2D eigenvalue weighted by Gasteiger charge is -2.40. The summed E-state index contributed by atoms with van der Waals surface area (Å²) in [4.78, 5) is 14.4. The van der Waals surface area contributed by atoms with E-state index >= 15 is 0 Å². The number of allylic oxidation sites excluding steroid dienone is 1. The number of rotatable bonds is 7. The first-order valence-corrected chi connectivity index (χ1v) is 8.79. The number of benzene rings is 1. The predicted molar refractivity (Wildman–Crippen MR) is 102 cm³/mol. The van der Waals surface area contributed by atoms with Crippen molar-refractivity contribution in [2.45, 2.75) is 19.1 Å². The largest absolute Gasteiger partial charge is 0.458 e. The van der Waals surface area contributed by atoms with Crippen LogP contribution in [-0.4, -0.2) is 46.2 Å². The van der Waals surface area contributed by atoms with Gasteiger partial charge >= 0.3 is 5.97 Å². The van der Waals surface area contributed by atoms with Crippen LogP contribution in [0.25, 0.3) is 0 Å². The van der Waals surface area contributed by atoms with Crippen molar-refractivity contribution in [1.82, 2.24) is 10.2 Å². The second-order valence-electron chi connectivity index (χ2n) is 5.63. The quantitative estimate of drug-likeness (QED) is 0.328. The number of hydrogen-bond donors (Lipinski definition) is 2. The molecule has 2 N–H and O–H groups in total. The number of carbonyl (C=O) groups is 1. The molecule has 0 radical (unpaired) electrons. The summed E-state index contributed by atoms with van der Waals surface area (Å²) in [6, 6.07) is 9.02. The average Bonchev–Trinajstić information content (AvgIpc) is 2.62. The van der Waals surface area contributed by atoms with Crippen LogP contribution < -0.4 is 5.32 Å². The maximum atomic E-state index is 12.6. The highest BCUT2D eigenvalue weighted by atomic mass is 35.5. The Morgan fingerprint density at radius 1 is 1.52 bits per heavy atom. The molecule has 7 heteroatoms. The zero-order chi connectivity index (χ0) is 18.4. The topological polar surface area (TPSA) is 61.8 Å². The van der Waals surface area contributed by atoms with E-state index in [9.17, 15) is 9.90 Å². The highest BCUT2D eigenvalue weighted by Crippen LogP contribution is 2.34. The number of β-amino-alcohol motifs (C(OH)–C–C–N with tert-alkyl or cyclic N) is 1. The minimum atomic E-state index is -0.781. The van der Waals surface area contributed by atoms with Gasteiger partial charge in [0.1, 0.15) is 6.61 Å². The van der Waals surface area contributed by atoms with Crippen LogP contribution in [0.3, 0.4) is 0 Å². The SMILES string of the molecule is C=CCOC(=O)C1=C(C)NC(=S)N(CC(O)CCl)C1c1ccccc1. The molecule has 2 unspecified atom stereocenters. The minimum absolute atomic E-state index is 0.0690. The highest BCUT2D eigenvalue weighted by molar-refractivity contribution is 7.80. The van der Waals surface area contributed by atoms with Crippen molar-refractivity contribution in [2.75, 3.05) is 19.0 Å². The van der Waals surface area contributed by atoms with Crippen molar-refractivity contribution in [3.63, 3.8) is 0 Å². The summed E-state index contributed by atoms with van der Waals surface area (Å²) in [5.74, 6) is -0.383. The van der Waals surface area contributed by atoms with Crippen LogP contribution >= 0.6 is 23.8 Å². The lowest BCUT2D eigenvalue weighted by Crippen LogP contribution is -2.51. The molecule has 0 aliphatic carbocycles. The van der Waals surface area contributed by atoms with Gasteiger partial charge < -0.3 is 20.1 Å². The Hall–Kier alpha value is -1.89. The number of esters is 1. The summed E-state index contributed by atoms with van der Waals surface area (Å²) in [7, 11) is 0. The van der Waals surface area contributed by atoms with Gasteiger partial charge in [0.2, 0.25) is 0 Å². The molecule has 2 rings (SSSR count). The molecule has 5 nitrogen and oxygen atoms in total. The number of nitrogens with one attached hydrogen (secondary N) is 1. The molecular weight excluding hydrogens is 360 g/mol. The molecule has 134 valence electrons. The third-order valence-electron chi connectivity index (χ3n) is 3.80. The third-order valence-corrected chi connectivity index (χ3v) is 4.49. The summed E-state index contributed by atoms with van der Waals surface area (Å²) in [6.45, 7) is 5.66. The molecule has 1 aromatic carbocycles. The zero-order valence-corrected chi connectivity index (χ0v) is 15.5. The van der Waals surface area contributed by atoms with E-state index in [1.54, 1.807) is 11.8 Å². The smallest absolute Gasteiger partial charge is 0.338 e. The molecular formula is C18H21ClN2O3S. The van der Waals surface area contributed by atoms with Gasteiger partial charge in [-0.2, -0.15) is 0 Å². The van der Waals surface area contributed by atoms with Crippen molar-refractivity contribution in [1.29, 1.82) is 0 Å². The standard InChI is InChI=1S/C18H21ClN2O3S/c1-3-9-24-17(23)15-12(2)20-18(25)21(11-14(22)10-19)16(15)13-7-5-4-6-8-13/h3-8,14,16,22H,1,9-11H2,2H3,(H,20,25). The number of hydrogen-bond acceptors (Lipinski definition) is 4. The average molecular weight is 381 g/mol. The Morgan fingerprint density at radius 3 is 2.80 bits per heavy atom. The molecule has 0 saturated heterocycles. The summed E-state index contributed by atoms with van der Waals surface area (Å²) in [5.41, 5.74) is 1.95. The van der Waals surface area contributed by atoms with Crippen LogP contribution in [-0.2, 0) is 9.53 Å². The van der Waals surface area contributed by atoms with Crippen molar-refractivity contribution in [3.05, 3.63) is 59.8 Å². The van der Waals surface area contributed by atoms with Crippen LogP contribution in [0, 0.1) is 0 Å². The Kier molecular flexibility index (Phi) is 6.99. The normalized spacial score (nSPS) is 18.6. The predicted octanol–water partition coefficient (Wildman–Crippen LogP) is 2.52. The molecule has 0 aromatic heterocycles. The number of nitrogens with zero attached hydrogens (tertiary/aromatic N) is 1. The summed E-state index contributed by atoms with van der Waals surface area (Å²) in [6.07, 6.45) is 0.734. The van der Waals surface area contributed by atoms with Gasteiger partial charge in [-0.1, -0.05) is 43.0 Å². The second-order valence-corrected chi connectivity index (χ2v) is 6.32. The first kappa shape index (κ1) is 19.4. The van der Waals surface area contributed by atoms with E-state index in [2.05, 4.69) is 11.9 Å². The van der Waals surface area contributed by atoms with E-state index in [1.165, 1.54) is 6.08 Å². The molecule has 0 saturated carbocycles. The first-order chi connectivity index (χ1) is 12.0. The molecule has 0 spiro atoms. The number of halogens is 1. The van der Waals surface area contributed by atoms with Crippen LogP contribution in [0.15, 0.2) is 54.3 Å². The molecule has 0 fully saturated rings. The molecule has 2 atom stereocenters. The van der Waals surface area contributed by atoms with E-state index < -0.39 is 18.1 Å². The maximum Gasteiger partial charge on any atom is 0.338 e. The van der Waals surface area contributed by atoms with E-state index in [0.29, 0.717) is 16.4 Å². The molecule has 1 aliphatic rings. The van der Waals surface area contributed by atoms with Crippen molar-refractivity contribution in [2.24, 2.45) is 0 Å². The molecule has 0 amide bonds. The fourth-order valence-electron chi connectivity index (χ4n) is 2.70. The zero-order valence-electron chi connectivity index (χ0n) is 13.9. The van der Waals surface area contributed by atoms with E-state index in [1.807, 2.05) is 30.3 Å². The fourth-order valence-corrected chi connectivity index (χ4v) is 3.13. The molecule has 25 heavy (non-hydrogen) atoms.